The maximum Gasteiger partial charge on any atom is 0.309 e. The average molecular weight is 257 g/mol. The fourth-order valence-electron chi connectivity index (χ4n) is 2.00. The van der Waals surface area contributed by atoms with E-state index in [2.05, 4.69) is 25.7 Å². The summed E-state index contributed by atoms with van der Waals surface area (Å²) in [6, 6.07) is 0.601. The normalized spacial score (nSPS) is 13.9. The predicted molar refractivity (Wildman–Crippen MR) is 76.9 cm³/mol. The van der Waals surface area contributed by atoms with Crippen LogP contribution in [0, 0.1) is 5.41 Å². The molecule has 1 N–H and O–H groups in total. The number of rotatable bonds is 10. The molecule has 108 valence electrons. The molecule has 0 rings (SSSR count). The molecule has 0 spiro atoms. The van der Waals surface area contributed by atoms with Gasteiger partial charge in [-0.3, -0.25) is 4.79 Å². The Bertz CT molecular complexity index is 239. The van der Waals surface area contributed by atoms with Crippen LogP contribution in [0.4, 0.5) is 0 Å². The minimum absolute atomic E-state index is 0.591. The zero-order valence-corrected chi connectivity index (χ0v) is 12.8. The van der Waals surface area contributed by atoms with Crippen molar-refractivity contribution < 1.29 is 9.90 Å². The maximum atomic E-state index is 11.0. The van der Waals surface area contributed by atoms with Crippen molar-refractivity contribution in [1.82, 2.24) is 4.90 Å². The molecule has 0 aliphatic carbocycles. The molecule has 18 heavy (non-hydrogen) atoms. The number of nitrogens with zero attached hydrogens (tertiary/aromatic N) is 1. The van der Waals surface area contributed by atoms with Crippen LogP contribution in [0.3, 0.4) is 0 Å². The molecule has 0 aliphatic heterocycles. The Morgan fingerprint density at radius 3 is 2.22 bits per heavy atom. The first-order valence-corrected chi connectivity index (χ1v) is 7.32. The lowest BCUT2D eigenvalue weighted by molar-refractivity contribution is -0.147. The van der Waals surface area contributed by atoms with Gasteiger partial charge in [0.2, 0.25) is 0 Å². The third kappa shape index (κ3) is 6.39. The van der Waals surface area contributed by atoms with Gasteiger partial charge in [0, 0.05) is 6.04 Å². The van der Waals surface area contributed by atoms with Gasteiger partial charge in [-0.15, -0.1) is 0 Å². The summed E-state index contributed by atoms with van der Waals surface area (Å²) in [5.74, 6) is -0.689. The highest BCUT2D eigenvalue weighted by atomic mass is 16.4. The van der Waals surface area contributed by atoms with Crippen molar-refractivity contribution in [2.75, 3.05) is 13.1 Å². The second-order valence-electron chi connectivity index (χ2n) is 5.94. The smallest absolute Gasteiger partial charge is 0.309 e. The Hall–Kier alpha value is -0.570. The topological polar surface area (TPSA) is 40.5 Å². The third-order valence-electron chi connectivity index (χ3n) is 3.84. The number of carboxylic acids is 1. The molecule has 0 amide bonds. The molecule has 0 aromatic rings. The highest BCUT2D eigenvalue weighted by Crippen LogP contribution is 2.23. The summed E-state index contributed by atoms with van der Waals surface area (Å²) >= 11 is 0. The summed E-state index contributed by atoms with van der Waals surface area (Å²) in [5.41, 5.74) is -0.591. The standard InChI is InChI=1S/C15H31NO2/c1-6-8-11-16(13(3)7-2)12-9-10-15(4,5)14(17)18/h13H,6-12H2,1-5H3,(H,17,18). The molecule has 0 aromatic heterocycles. The first-order valence-electron chi connectivity index (χ1n) is 7.32. The van der Waals surface area contributed by atoms with Crippen LogP contribution in [0.5, 0.6) is 0 Å². The predicted octanol–water partition coefficient (Wildman–Crippen LogP) is 3.78. The number of carboxylic acid groups (broad SMARTS) is 1. The van der Waals surface area contributed by atoms with Crippen LogP contribution in [0.2, 0.25) is 0 Å². The van der Waals surface area contributed by atoms with Gasteiger partial charge in [-0.1, -0.05) is 20.3 Å². The molecule has 0 saturated carbocycles. The fourth-order valence-corrected chi connectivity index (χ4v) is 2.00. The van der Waals surface area contributed by atoms with E-state index >= 15 is 0 Å². The van der Waals surface area contributed by atoms with Crippen molar-refractivity contribution in [2.45, 2.75) is 72.8 Å². The summed E-state index contributed by atoms with van der Waals surface area (Å²) in [6.07, 6.45) is 5.32. The second kappa shape index (κ2) is 8.52. The van der Waals surface area contributed by atoms with Gasteiger partial charge in [-0.05, 0) is 59.5 Å². The highest BCUT2D eigenvalue weighted by Gasteiger charge is 2.26. The van der Waals surface area contributed by atoms with E-state index in [0.29, 0.717) is 6.04 Å². The van der Waals surface area contributed by atoms with Gasteiger partial charge in [-0.25, -0.2) is 0 Å². The Labute approximate surface area is 113 Å². The highest BCUT2D eigenvalue weighted by molar-refractivity contribution is 5.73. The molecule has 3 heteroatoms. The van der Waals surface area contributed by atoms with E-state index in [-0.39, 0.29) is 0 Å². The fraction of sp³-hybridized carbons (Fsp3) is 0.933. The van der Waals surface area contributed by atoms with E-state index in [1.165, 1.54) is 12.8 Å². The van der Waals surface area contributed by atoms with E-state index in [0.717, 1.165) is 32.4 Å². The Kier molecular flexibility index (Phi) is 8.25. The maximum absolute atomic E-state index is 11.0. The molecule has 0 saturated heterocycles. The molecular formula is C15H31NO2. The summed E-state index contributed by atoms with van der Waals surface area (Å²) in [5, 5.41) is 9.09. The molecule has 0 aromatic carbocycles. The number of unbranched alkanes of at least 4 members (excludes halogenated alkanes) is 1. The van der Waals surface area contributed by atoms with Crippen molar-refractivity contribution >= 4 is 5.97 Å². The van der Waals surface area contributed by atoms with Crippen molar-refractivity contribution in [2.24, 2.45) is 5.41 Å². The van der Waals surface area contributed by atoms with E-state index in [4.69, 9.17) is 5.11 Å². The number of aliphatic carboxylic acids is 1. The van der Waals surface area contributed by atoms with E-state index in [9.17, 15) is 4.79 Å². The van der Waals surface area contributed by atoms with Crippen LogP contribution in [-0.2, 0) is 4.79 Å². The van der Waals surface area contributed by atoms with Crippen LogP contribution in [-0.4, -0.2) is 35.1 Å². The third-order valence-corrected chi connectivity index (χ3v) is 3.84. The molecule has 1 unspecified atom stereocenters. The van der Waals surface area contributed by atoms with Gasteiger partial charge < -0.3 is 10.0 Å². The number of hydrogen-bond donors (Lipinski definition) is 1. The lowest BCUT2D eigenvalue weighted by Crippen LogP contribution is -2.35. The molecule has 3 nitrogen and oxygen atoms in total. The molecule has 1 atom stereocenters. The van der Waals surface area contributed by atoms with Gasteiger partial charge in [0.25, 0.3) is 0 Å². The SMILES string of the molecule is CCCCN(CCCC(C)(C)C(=O)O)C(C)CC. The lowest BCUT2D eigenvalue weighted by atomic mass is 9.88. The van der Waals surface area contributed by atoms with E-state index < -0.39 is 11.4 Å². The van der Waals surface area contributed by atoms with Crippen LogP contribution in [0.1, 0.15) is 66.7 Å². The summed E-state index contributed by atoms with van der Waals surface area (Å²) in [4.78, 5) is 13.5. The zero-order valence-electron chi connectivity index (χ0n) is 12.8. The largest absolute Gasteiger partial charge is 0.481 e. The van der Waals surface area contributed by atoms with Crippen molar-refractivity contribution in [3.05, 3.63) is 0 Å². The Morgan fingerprint density at radius 1 is 1.22 bits per heavy atom. The Morgan fingerprint density at radius 2 is 1.78 bits per heavy atom. The number of hydrogen-bond acceptors (Lipinski definition) is 2. The van der Waals surface area contributed by atoms with Crippen molar-refractivity contribution in [1.29, 1.82) is 0 Å². The lowest BCUT2D eigenvalue weighted by Gasteiger charge is -2.29. The Balaban J connectivity index is 4.14. The van der Waals surface area contributed by atoms with Crippen molar-refractivity contribution in [3.63, 3.8) is 0 Å². The molecule has 0 aliphatic rings. The molecular weight excluding hydrogens is 226 g/mol. The first kappa shape index (κ1) is 17.4. The molecule has 0 bridgehead atoms. The molecule has 0 fully saturated rings. The van der Waals surface area contributed by atoms with Crippen LogP contribution in [0.15, 0.2) is 0 Å². The van der Waals surface area contributed by atoms with E-state index in [1.807, 2.05) is 13.8 Å². The van der Waals surface area contributed by atoms with Gasteiger partial charge >= 0.3 is 5.97 Å². The summed E-state index contributed by atoms with van der Waals surface area (Å²) in [6.45, 7) is 12.5. The number of carbonyl (C=O) groups is 1. The second-order valence-corrected chi connectivity index (χ2v) is 5.94. The first-order chi connectivity index (χ1) is 8.35. The zero-order chi connectivity index (χ0) is 14.2. The van der Waals surface area contributed by atoms with Gasteiger partial charge in [0.1, 0.15) is 0 Å². The summed E-state index contributed by atoms with van der Waals surface area (Å²) in [7, 11) is 0. The van der Waals surface area contributed by atoms with Gasteiger partial charge in [0.15, 0.2) is 0 Å². The summed E-state index contributed by atoms with van der Waals surface area (Å²) < 4.78 is 0. The monoisotopic (exact) mass is 257 g/mol. The van der Waals surface area contributed by atoms with Crippen molar-refractivity contribution in [3.8, 4) is 0 Å². The minimum Gasteiger partial charge on any atom is -0.481 e. The van der Waals surface area contributed by atoms with Gasteiger partial charge in [-0.2, -0.15) is 0 Å². The van der Waals surface area contributed by atoms with Crippen LogP contribution < -0.4 is 0 Å². The van der Waals surface area contributed by atoms with E-state index in [1.54, 1.807) is 0 Å². The average Bonchev–Trinajstić information content (AvgIpc) is 2.32. The van der Waals surface area contributed by atoms with Gasteiger partial charge in [0.05, 0.1) is 5.41 Å². The molecule has 0 heterocycles. The minimum atomic E-state index is -0.689. The quantitative estimate of drug-likeness (QED) is 0.647. The van der Waals surface area contributed by atoms with Crippen LogP contribution >= 0.6 is 0 Å². The van der Waals surface area contributed by atoms with Crippen LogP contribution in [0.25, 0.3) is 0 Å². The molecule has 0 radical (unpaired) electrons.